The van der Waals surface area contributed by atoms with Gasteiger partial charge in [-0.05, 0) is 36.8 Å². The topological polar surface area (TPSA) is 83.6 Å². The number of halogens is 1. The maximum absolute atomic E-state index is 14.4. The molecule has 3 aromatic carbocycles. The van der Waals surface area contributed by atoms with Crippen LogP contribution in [-0.2, 0) is 9.59 Å². The van der Waals surface area contributed by atoms with Gasteiger partial charge in [0.15, 0.2) is 17.3 Å². The number of Topliss-reactive ketones (excluding diaryl/α,β-unsaturated/α-hetero) is 3. The molecule has 0 saturated carbocycles. The van der Waals surface area contributed by atoms with Gasteiger partial charge < -0.3 is 10.2 Å². The van der Waals surface area contributed by atoms with Crippen molar-refractivity contribution in [3.63, 3.8) is 0 Å². The van der Waals surface area contributed by atoms with Gasteiger partial charge in [-0.25, -0.2) is 0 Å². The van der Waals surface area contributed by atoms with E-state index >= 15 is 0 Å². The highest BCUT2D eigenvalue weighted by atomic mass is 35.5. The quantitative estimate of drug-likeness (QED) is 0.482. The van der Waals surface area contributed by atoms with Crippen LogP contribution >= 0.6 is 11.6 Å². The number of benzene rings is 3. The lowest BCUT2D eigenvalue weighted by Gasteiger charge is -2.37. The molecule has 6 nitrogen and oxygen atoms in total. The largest absolute Gasteiger partial charge is 0.352 e. The first kappa shape index (κ1) is 23.4. The van der Waals surface area contributed by atoms with Crippen LogP contribution in [0.15, 0.2) is 72.8 Å². The van der Waals surface area contributed by atoms with Gasteiger partial charge >= 0.3 is 0 Å². The molecular formula is C30H23ClN2O4. The van der Waals surface area contributed by atoms with E-state index in [9.17, 15) is 19.2 Å². The van der Waals surface area contributed by atoms with Crippen molar-refractivity contribution in [1.29, 1.82) is 0 Å². The highest BCUT2D eigenvalue weighted by Crippen LogP contribution is 2.61. The molecule has 3 aliphatic rings. The average Bonchev–Trinajstić information content (AvgIpc) is 3.31. The fourth-order valence-electron chi connectivity index (χ4n) is 6.49. The predicted octanol–water partition coefficient (Wildman–Crippen LogP) is 5.32. The maximum Gasteiger partial charge on any atom is 0.221 e. The van der Waals surface area contributed by atoms with E-state index in [-0.39, 0.29) is 23.3 Å². The summed E-state index contributed by atoms with van der Waals surface area (Å²) in [5.41, 5.74) is 1.92. The molecule has 0 aromatic heterocycles. The van der Waals surface area contributed by atoms with Crippen molar-refractivity contribution >= 4 is 52.3 Å². The molecule has 0 bridgehead atoms. The Labute approximate surface area is 218 Å². The molecule has 1 saturated heterocycles. The third kappa shape index (κ3) is 3.12. The van der Waals surface area contributed by atoms with E-state index in [1.807, 2.05) is 23.1 Å². The van der Waals surface area contributed by atoms with E-state index in [1.165, 1.54) is 13.8 Å². The number of nitrogens with one attached hydrogen (secondary N) is 1. The Morgan fingerprint density at radius 1 is 0.892 bits per heavy atom. The van der Waals surface area contributed by atoms with Crippen molar-refractivity contribution in [2.24, 2.45) is 5.41 Å². The summed E-state index contributed by atoms with van der Waals surface area (Å²) in [4.78, 5) is 56.0. The van der Waals surface area contributed by atoms with Gasteiger partial charge in [-0.15, -0.1) is 0 Å². The number of hydrogen-bond donors (Lipinski definition) is 1. The number of hydrogen-bond acceptors (Lipinski definition) is 5. The lowest BCUT2D eigenvalue weighted by molar-refractivity contribution is -0.118. The Kier molecular flexibility index (Phi) is 5.21. The van der Waals surface area contributed by atoms with Gasteiger partial charge in [-0.2, -0.15) is 0 Å². The van der Waals surface area contributed by atoms with Crippen molar-refractivity contribution in [3.05, 3.63) is 100 Å². The van der Waals surface area contributed by atoms with E-state index in [2.05, 4.69) is 5.32 Å². The zero-order valence-electron chi connectivity index (χ0n) is 20.2. The van der Waals surface area contributed by atoms with E-state index in [0.717, 1.165) is 5.56 Å². The number of nitrogens with zero attached hydrogens (tertiary/aromatic N) is 1. The summed E-state index contributed by atoms with van der Waals surface area (Å²) in [7, 11) is 0. The molecule has 37 heavy (non-hydrogen) atoms. The first-order chi connectivity index (χ1) is 17.8. The molecule has 7 heteroatoms. The van der Waals surface area contributed by atoms with Crippen LogP contribution in [0.1, 0.15) is 51.6 Å². The number of anilines is 2. The second-order valence-electron chi connectivity index (χ2n) is 9.79. The average molecular weight is 511 g/mol. The lowest BCUT2D eigenvalue weighted by atomic mass is 9.64. The highest BCUT2D eigenvalue weighted by Gasteiger charge is 2.71. The van der Waals surface area contributed by atoms with Crippen molar-refractivity contribution in [1.82, 2.24) is 0 Å². The van der Waals surface area contributed by atoms with Crippen molar-refractivity contribution in [2.45, 2.75) is 31.8 Å². The zero-order chi connectivity index (χ0) is 26.1. The van der Waals surface area contributed by atoms with E-state index in [1.54, 1.807) is 60.7 Å². The van der Waals surface area contributed by atoms with Gasteiger partial charge in [0, 0.05) is 40.2 Å². The summed E-state index contributed by atoms with van der Waals surface area (Å²) in [6, 6.07) is 17.8. The molecule has 1 amide bonds. The summed E-state index contributed by atoms with van der Waals surface area (Å²) < 4.78 is 0. The third-order valence-electron chi connectivity index (χ3n) is 7.80. The third-order valence-corrected chi connectivity index (χ3v) is 8.05. The van der Waals surface area contributed by atoms with E-state index in [4.69, 9.17) is 11.6 Å². The molecule has 184 valence electrons. The maximum atomic E-state index is 14.4. The number of fused-ring (bicyclic) bond motifs is 5. The molecule has 3 aromatic rings. The molecule has 6 rings (SSSR count). The Balaban J connectivity index is 1.65. The summed E-state index contributed by atoms with van der Waals surface area (Å²) >= 11 is 6.19. The van der Waals surface area contributed by atoms with Gasteiger partial charge in [0.25, 0.3) is 0 Å². The smallest absolute Gasteiger partial charge is 0.221 e. The van der Waals surface area contributed by atoms with Gasteiger partial charge in [-0.1, -0.05) is 66.2 Å². The lowest BCUT2D eigenvalue weighted by Crippen LogP contribution is -2.48. The first-order valence-corrected chi connectivity index (χ1v) is 12.5. The van der Waals surface area contributed by atoms with Crippen LogP contribution in [-0.4, -0.2) is 35.3 Å². The predicted molar refractivity (Wildman–Crippen MR) is 142 cm³/mol. The molecule has 2 aliphatic heterocycles. The molecule has 1 N–H and O–H groups in total. The number of amides is 1. The minimum Gasteiger partial charge on any atom is -0.352 e. The number of ketones is 3. The van der Waals surface area contributed by atoms with Crippen LogP contribution in [0.3, 0.4) is 0 Å². The van der Waals surface area contributed by atoms with Crippen LogP contribution in [0.4, 0.5) is 11.4 Å². The Morgan fingerprint density at radius 2 is 1.54 bits per heavy atom. The van der Waals surface area contributed by atoms with Gasteiger partial charge in [0.1, 0.15) is 5.41 Å². The summed E-state index contributed by atoms with van der Waals surface area (Å²) in [6.07, 6.45) is 3.68. The van der Waals surface area contributed by atoms with E-state index in [0.29, 0.717) is 33.1 Å². The summed E-state index contributed by atoms with van der Waals surface area (Å²) in [6.45, 7) is 2.93. The Hall–Kier alpha value is -4.03. The summed E-state index contributed by atoms with van der Waals surface area (Å²) in [5, 5.41) is 3.37. The molecule has 1 aliphatic carbocycles. The molecule has 0 unspecified atom stereocenters. The van der Waals surface area contributed by atoms with Crippen LogP contribution in [0, 0.1) is 5.41 Å². The van der Waals surface area contributed by atoms with Crippen molar-refractivity contribution in [3.8, 4) is 0 Å². The number of carbonyl (C=O) groups excluding carboxylic acids is 4. The second-order valence-corrected chi connectivity index (χ2v) is 10.2. The highest BCUT2D eigenvalue weighted by molar-refractivity contribution is 6.32. The molecule has 1 spiro atoms. The van der Waals surface area contributed by atoms with Crippen molar-refractivity contribution in [2.75, 3.05) is 10.2 Å². The van der Waals surface area contributed by atoms with Crippen LogP contribution in [0.25, 0.3) is 6.08 Å². The fraction of sp³-hybridized carbons (Fsp3) is 0.200. The van der Waals surface area contributed by atoms with Crippen LogP contribution in [0.5, 0.6) is 0 Å². The molecule has 3 atom stereocenters. The second kappa shape index (κ2) is 8.25. The Bertz CT molecular complexity index is 1510. The van der Waals surface area contributed by atoms with Gasteiger partial charge in [0.05, 0.1) is 17.8 Å². The monoisotopic (exact) mass is 510 g/mol. The van der Waals surface area contributed by atoms with Gasteiger partial charge in [0.2, 0.25) is 5.91 Å². The molecule has 1 fully saturated rings. The minimum atomic E-state index is -1.54. The minimum absolute atomic E-state index is 0.162. The summed E-state index contributed by atoms with van der Waals surface area (Å²) in [5.74, 6) is -1.69. The standard InChI is InChI=1S/C30H23ClN2O4/c1-16(34)27-26(18-10-12-19(31)13-11-18)30(28(36)20-6-3-4-7-21(20)29(30)37)25-15-14-22-23(32-17(2)35)8-5-9-24(22)33(25)27/h3-15,25-27H,1-2H3,(H,32,35)/t25-,26-,27-/m0/s1. The molecule has 0 radical (unpaired) electrons. The van der Waals surface area contributed by atoms with Crippen LogP contribution < -0.4 is 10.2 Å². The number of carbonyl (C=O) groups is 4. The fourth-order valence-corrected chi connectivity index (χ4v) is 6.62. The Morgan fingerprint density at radius 3 is 2.14 bits per heavy atom. The molecular weight excluding hydrogens is 488 g/mol. The SMILES string of the molecule is CC(=O)Nc1cccc2c1C=C[C@@H]1N2[C@@H](C(C)=O)[C@H](c2ccc(Cl)cc2)C12C(=O)c1ccccc1C2=O. The van der Waals surface area contributed by atoms with Crippen LogP contribution in [0.2, 0.25) is 5.02 Å². The molecule has 2 heterocycles. The zero-order valence-corrected chi connectivity index (χ0v) is 21.0. The van der Waals surface area contributed by atoms with E-state index < -0.39 is 23.4 Å². The number of rotatable bonds is 3. The van der Waals surface area contributed by atoms with Gasteiger partial charge in [-0.3, -0.25) is 19.2 Å². The van der Waals surface area contributed by atoms with Crippen molar-refractivity contribution < 1.29 is 19.2 Å². The first-order valence-electron chi connectivity index (χ1n) is 12.1. The normalized spacial score (nSPS) is 22.6.